The molecule has 0 aliphatic carbocycles. The van der Waals surface area contributed by atoms with Gasteiger partial charge in [-0.25, -0.2) is 4.39 Å². The number of nitrogens with zero attached hydrogens (tertiary/aromatic N) is 1. The fraction of sp³-hybridized carbons (Fsp3) is 0.579. The zero-order chi connectivity index (χ0) is 16.9. The van der Waals surface area contributed by atoms with Crippen molar-refractivity contribution in [2.24, 2.45) is 5.92 Å². The number of likely N-dealkylation sites (tertiary alicyclic amines) is 2. The number of ketones is 1. The number of piperidine rings is 2. The van der Waals surface area contributed by atoms with Crippen LogP contribution in [0.1, 0.15) is 42.5 Å². The summed E-state index contributed by atoms with van der Waals surface area (Å²) in [5.41, 5.74) is 0.592. The molecule has 4 nitrogen and oxygen atoms in total. The molecule has 0 aromatic heterocycles. The predicted molar refractivity (Wildman–Crippen MR) is 89.4 cm³/mol. The van der Waals surface area contributed by atoms with Gasteiger partial charge in [-0.1, -0.05) is 0 Å². The minimum Gasteiger partial charge on any atom is -0.338 e. The van der Waals surface area contributed by atoms with Crippen LogP contribution >= 0.6 is 0 Å². The average molecular weight is 333 g/mol. The van der Waals surface area contributed by atoms with E-state index in [0.29, 0.717) is 12.1 Å². The van der Waals surface area contributed by atoms with Gasteiger partial charge in [0.15, 0.2) is 12.3 Å². The third-order valence-electron chi connectivity index (χ3n) is 5.30. The molecule has 2 aliphatic rings. The summed E-state index contributed by atoms with van der Waals surface area (Å²) in [5.74, 6) is 0.0516. The summed E-state index contributed by atoms with van der Waals surface area (Å²) in [5, 5.41) is 0. The zero-order valence-electron chi connectivity index (χ0n) is 14.1. The molecule has 5 heteroatoms. The van der Waals surface area contributed by atoms with Crippen molar-refractivity contribution >= 4 is 11.7 Å². The second-order valence-electron chi connectivity index (χ2n) is 7.01. The van der Waals surface area contributed by atoms with Crippen LogP contribution in [0.5, 0.6) is 0 Å². The lowest BCUT2D eigenvalue weighted by Gasteiger charge is -2.31. The van der Waals surface area contributed by atoms with Gasteiger partial charge in [-0.05, 0) is 43.5 Å². The Kier molecular flexibility index (Phi) is 5.61. The Hall–Kier alpha value is -1.75. The Labute approximate surface area is 142 Å². The lowest BCUT2D eigenvalue weighted by atomic mass is 9.89. The van der Waals surface area contributed by atoms with Crippen molar-refractivity contribution < 1.29 is 18.9 Å². The van der Waals surface area contributed by atoms with Gasteiger partial charge in [0.25, 0.3) is 5.91 Å². The first-order valence-electron chi connectivity index (χ1n) is 9.04. The first-order valence-corrected chi connectivity index (χ1v) is 9.04. The SMILES string of the molecule is O=C(c1ccc(F)cc1)C1CC[NH+](CC(=O)N2CCCCC2)CC1. The molecule has 1 amide bonds. The number of halogens is 1. The van der Waals surface area contributed by atoms with Gasteiger partial charge in [0.05, 0.1) is 13.1 Å². The van der Waals surface area contributed by atoms with Crippen LogP contribution < -0.4 is 4.90 Å². The van der Waals surface area contributed by atoms with Gasteiger partial charge < -0.3 is 9.80 Å². The third kappa shape index (κ3) is 4.20. The van der Waals surface area contributed by atoms with Crippen LogP contribution in [-0.2, 0) is 4.79 Å². The first-order chi connectivity index (χ1) is 11.6. The highest BCUT2D eigenvalue weighted by molar-refractivity contribution is 5.97. The Bertz CT molecular complexity index is 574. The second-order valence-corrected chi connectivity index (χ2v) is 7.01. The van der Waals surface area contributed by atoms with Crippen molar-refractivity contribution in [3.05, 3.63) is 35.6 Å². The number of quaternary nitrogens is 1. The van der Waals surface area contributed by atoms with Crippen LogP contribution in [0, 0.1) is 11.7 Å². The van der Waals surface area contributed by atoms with E-state index in [1.165, 1.54) is 23.5 Å². The van der Waals surface area contributed by atoms with E-state index < -0.39 is 0 Å². The molecule has 2 saturated heterocycles. The Morgan fingerprint density at radius 1 is 1.04 bits per heavy atom. The molecule has 0 saturated carbocycles. The molecule has 1 aromatic rings. The number of nitrogens with one attached hydrogen (secondary N) is 1. The normalized spacial score (nSPS) is 24.6. The number of amides is 1. The average Bonchev–Trinajstić information content (AvgIpc) is 2.63. The number of benzene rings is 1. The van der Waals surface area contributed by atoms with E-state index in [1.807, 2.05) is 4.90 Å². The second kappa shape index (κ2) is 7.88. The van der Waals surface area contributed by atoms with E-state index in [0.717, 1.165) is 51.9 Å². The summed E-state index contributed by atoms with van der Waals surface area (Å²) in [4.78, 5) is 28.1. The summed E-state index contributed by atoms with van der Waals surface area (Å²) in [6.07, 6.45) is 5.08. The standard InChI is InChI=1S/C19H25FN2O2/c20-17-6-4-15(5-7-17)19(24)16-8-12-21(13-9-16)14-18(23)22-10-2-1-3-11-22/h4-7,16H,1-3,8-14H2/p+1. The lowest BCUT2D eigenvalue weighted by Crippen LogP contribution is -3.14. The van der Waals surface area contributed by atoms with Crippen LogP contribution in [0.3, 0.4) is 0 Å². The Morgan fingerprint density at radius 3 is 2.29 bits per heavy atom. The van der Waals surface area contributed by atoms with E-state index in [4.69, 9.17) is 0 Å². The first kappa shape index (κ1) is 17.1. The fourth-order valence-corrected chi connectivity index (χ4v) is 3.78. The molecular weight excluding hydrogens is 307 g/mol. The van der Waals surface area contributed by atoms with Crippen molar-refractivity contribution in [2.75, 3.05) is 32.7 Å². The molecule has 0 atom stereocenters. The van der Waals surface area contributed by atoms with E-state index in [1.54, 1.807) is 12.1 Å². The quantitative estimate of drug-likeness (QED) is 0.845. The van der Waals surface area contributed by atoms with Gasteiger partial charge >= 0.3 is 0 Å². The maximum Gasteiger partial charge on any atom is 0.277 e. The largest absolute Gasteiger partial charge is 0.338 e. The van der Waals surface area contributed by atoms with E-state index in [-0.39, 0.29) is 23.4 Å². The van der Waals surface area contributed by atoms with Gasteiger partial charge in [0.2, 0.25) is 0 Å². The summed E-state index contributed by atoms with van der Waals surface area (Å²) < 4.78 is 13.0. The number of carbonyl (C=O) groups is 2. The zero-order valence-corrected chi connectivity index (χ0v) is 14.1. The maximum absolute atomic E-state index is 13.0. The third-order valence-corrected chi connectivity index (χ3v) is 5.30. The van der Waals surface area contributed by atoms with Gasteiger partial charge in [-0.3, -0.25) is 9.59 Å². The molecule has 2 aliphatic heterocycles. The molecule has 1 N–H and O–H groups in total. The van der Waals surface area contributed by atoms with Gasteiger partial charge in [-0.15, -0.1) is 0 Å². The topological polar surface area (TPSA) is 41.8 Å². The predicted octanol–water partition coefficient (Wildman–Crippen LogP) is 1.32. The van der Waals surface area contributed by atoms with E-state index in [2.05, 4.69) is 0 Å². The molecule has 0 radical (unpaired) electrons. The molecule has 0 unspecified atom stereocenters. The highest BCUT2D eigenvalue weighted by Crippen LogP contribution is 2.17. The van der Waals surface area contributed by atoms with Crippen molar-refractivity contribution in [1.29, 1.82) is 0 Å². The number of hydrogen-bond donors (Lipinski definition) is 1. The van der Waals surface area contributed by atoms with Crippen LogP contribution in [0.15, 0.2) is 24.3 Å². The van der Waals surface area contributed by atoms with Crippen LogP contribution in [0.4, 0.5) is 4.39 Å². The minimum atomic E-state index is -0.318. The molecule has 3 rings (SSSR count). The van der Waals surface area contributed by atoms with Gasteiger partial charge in [0, 0.05) is 37.4 Å². The van der Waals surface area contributed by atoms with Crippen molar-refractivity contribution in [3.63, 3.8) is 0 Å². The summed E-state index contributed by atoms with van der Waals surface area (Å²) in [6, 6.07) is 5.81. The molecule has 1 aromatic carbocycles. The summed E-state index contributed by atoms with van der Waals surface area (Å²) >= 11 is 0. The Balaban J connectivity index is 1.47. The van der Waals surface area contributed by atoms with Crippen molar-refractivity contribution in [3.8, 4) is 0 Å². The highest BCUT2D eigenvalue weighted by Gasteiger charge is 2.30. The fourth-order valence-electron chi connectivity index (χ4n) is 3.78. The van der Waals surface area contributed by atoms with Crippen molar-refractivity contribution in [1.82, 2.24) is 4.90 Å². The number of Topliss-reactive ketones (excluding diaryl/α,β-unsaturated/α-hetero) is 1. The molecular formula is C19H26FN2O2+. The number of hydrogen-bond acceptors (Lipinski definition) is 2. The summed E-state index contributed by atoms with van der Waals surface area (Å²) in [7, 11) is 0. The molecule has 0 spiro atoms. The molecule has 2 fully saturated rings. The number of carbonyl (C=O) groups excluding carboxylic acids is 2. The molecule has 2 heterocycles. The minimum absolute atomic E-state index is 0.00398. The van der Waals surface area contributed by atoms with Crippen LogP contribution in [-0.4, -0.2) is 49.3 Å². The lowest BCUT2D eigenvalue weighted by molar-refractivity contribution is -0.898. The smallest absolute Gasteiger partial charge is 0.277 e. The van der Waals surface area contributed by atoms with Crippen LogP contribution in [0.25, 0.3) is 0 Å². The van der Waals surface area contributed by atoms with Gasteiger partial charge in [0.1, 0.15) is 5.82 Å². The molecule has 130 valence electrons. The van der Waals surface area contributed by atoms with Crippen molar-refractivity contribution in [2.45, 2.75) is 32.1 Å². The maximum atomic E-state index is 13.0. The number of rotatable bonds is 4. The summed E-state index contributed by atoms with van der Waals surface area (Å²) in [6.45, 7) is 4.07. The molecule has 24 heavy (non-hydrogen) atoms. The monoisotopic (exact) mass is 333 g/mol. The van der Waals surface area contributed by atoms with E-state index >= 15 is 0 Å². The van der Waals surface area contributed by atoms with Gasteiger partial charge in [-0.2, -0.15) is 0 Å². The van der Waals surface area contributed by atoms with Crippen LogP contribution in [0.2, 0.25) is 0 Å². The van der Waals surface area contributed by atoms with E-state index in [9.17, 15) is 14.0 Å². The molecule has 0 bridgehead atoms. The Morgan fingerprint density at radius 2 is 1.67 bits per heavy atom. The highest BCUT2D eigenvalue weighted by atomic mass is 19.1.